The Labute approximate surface area is 97.2 Å². The van der Waals surface area contributed by atoms with E-state index in [1.54, 1.807) is 0 Å². The molecule has 0 aliphatic heterocycles. The van der Waals surface area contributed by atoms with Gasteiger partial charge in [-0.25, -0.2) is 0 Å². The normalized spacial score (nSPS) is 17.3. The number of ether oxygens (including phenoxy) is 1. The van der Waals surface area contributed by atoms with Crippen LogP contribution >= 0.6 is 0 Å². The number of pyridine rings is 1. The largest absolute Gasteiger partial charge is 0.490 e. The molecule has 1 aromatic rings. The van der Waals surface area contributed by atoms with Crippen molar-refractivity contribution in [2.45, 2.75) is 44.8 Å². The van der Waals surface area contributed by atoms with Crippen LogP contribution in [0.2, 0.25) is 0 Å². The lowest BCUT2D eigenvalue weighted by Crippen LogP contribution is -2.19. The molecule has 0 spiro atoms. The van der Waals surface area contributed by atoms with Crippen LogP contribution in [-0.2, 0) is 6.54 Å². The lowest BCUT2D eigenvalue weighted by Gasteiger charge is -2.23. The molecule has 1 aliphatic rings. The van der Waals surface area contributed by atoms with Crippen LogP contribution in [0.1, 0.15) is 37.8 Å². The standard InChI is InChI=1S/C13H20N2O/c1-14-10-11-9-13(7-8-15-11)16-12-5-3-2-4-6-12/h7-9,12,14H,2-6,10H2,1H3. The van der Waals surface area contributed by atoms with Gasteiger partial charge in [0.2, 0.25) is 0 Å². The minimum absolute atomic E-state index is 0.415. The van der Waals surface area contributed by atoms with Crippen molar-refractivity contribution in [2.24, 2.45) is 0 Å². The highest BCUT2D eigenvalue weighted by Gasteiger charge is 2.14. The molecule has 0 amide bonds. The average molecular weight is 220 g/mol. The Bertz CT molecular complexity index is 321. The molecule has 2 rings (SSSR count). The Balaban J connectivity index is 1.94. The molecule has 0 bridgehead atoms. The summed E-state index contributed by atoms with van der Waals surface area (Å²) in [6.45, 7) is 0.794. The van der Waals surface area contributed by atoms with E-state index < -0.39 is 0 Å². The maximum atomic E-state index is 5.97. The van der Waals surface area contributed by atoms with Gasteiger partial charge in [0.1, 0.15) is 5.75 Å². The molecular weight excluding hydrogens is 200 g/mol. The van der Waals surface area contributed by atoms with Crippen molar-refractivity contribution in [3.8, 4) is 5.75 Å². The van der Waals surface area contributed by atoms with E-state index in [1.165, 1.54) is 32.1 Å². The van der Waals surface area contributed by atoms with Crippen LogP contribution in [-0.4, -0.2) is 18.1 Å². The van der Waals surface area contributed by atoms with E-state index >= 15 is 0 Å². The third-order valence-corrected chi connectivity index (χ3v) is 3.00. The van der Waals surface area contributed by atoms with Crippen molar-refractivity contribution < 1.29 is 4.74 Å². The summed E-state index contributed by atoms with van der Waals surface area (Å²) in [5.41, 5.74) is 1.04. The van der Waals surface area contributed by atoms with E-state index in [-0.39, 0.29) is 0 Å². The van der Waals surface area contributed by atoms with Crippen molar-refractivity contribution in [3.63, 3.8) is 0 Å². The summed E-state index contributed by atoms with van der Waals surface area (Å²) in [7, 11) is 1.93. The number of rotatable bonds is 4. The molecule has 16 heavy (non-hydrogen) atoms. The second kappa shape index (κ2) is 5.85. The summed E-state index contributed by atoms with van der Waals surface area (Å²) in [4.78, 5) is 4.28. The molecule has 0 atom stereocenters. The summed E-state index contributed by atoms with van der Waals surface area (Å²) in [6, 6.07) is 3.98. The summed E-state index contributed by atoms with van der Waals surface area (Å²) in [5, 5.41) is 3.10. The Kier molecular flexibility index (Phi) is 4.17. The summed E-state index contributed by atoms with van der Waals surface area (Å²) in [5.74, 6) is 0.965. The fourth-order valence-electron chi connectivity index (χ4n) is 2.18. The highest BCUT2D eigenvalue weighted by molar-refractivity contribution is 5.22. The Morgan fingerprint density at radius 2 is 2.19 bits per heavy atom. The Hall–Kier alpha value is -1.09. The van der Waals surface area contributed by atoms with E-state index in [0.29, 0.717) is 6.10 Å². The molecule has 0 radical (unpaired) electrons. The molecule has 0 saturated heterocycles. The van der Waals surface area contributed by atoms with Gasteiger partial charge >= 0.3 is 0 Å². The second-order valence-electron chi connectivity index (χ2n) is 4.39. The molecular formula is C13H20N2O. The Morgan fingerprint density at radius 1 is 1.38 bits per heavy atom. The number of nitrogens with zero attached hydrogens (tertiary/aromatic N) is 1. The zero-order chi connectivity index (χ0) is 11.2. The smallest absolute Gasteiger partial charge is 0.123 e. The summed E-state index contributed by atoms with van der Waals surface area (Å²) >= 11 is 0. The lowest BCUT2D eigenvalue weighted by atomic mass is 9.98. The first kappa shape index (κ1) is 11.4. The van der Waals surface area contributed by atoms with Gasteiger partial charge in [-0.15, -0.1) is 0 Å². The van der Waals surface area contributed by atoms with Gasteiger partial charge in [0.05, 0.1) is 11.8 Å². The van der Waals surface area contributed by atoms with Crippen LogP contribution in [0.4, 0.5) is 0 Å². The number of nitrogens with one attached hydrogen (secondary N) is 1. The van der Waals surface area contributed by atoms with Gasteiger partial charge in [0.25, 0.3) is 0 Å². The number of aromatic nitrogens is 1. The van der Waals surface area contributed by atoms with Crippen LogP contribution in [0.25, 0.3) is 0 Å². The molecule has 3 heteroatoms. The van der Waals surface area contributed by atoms with Crippen LogP contribution < -0.4 is 10.1 Å². The minimum atomic E-state index is 0.415. The van der Waals surface area contributed by atoms with E-state index in [9.17, 15) is 0 Å². The van der Waals surface area contributed by atoms with Gasteiger partial charge in [0, 0.05) is 18.8 Å². The van der Waals surface area contributed by atoms with Crippen molar-refractivity contribution >= 4 is 0 Å². The maximum absolute atomic E-state index is 5.97. The fourth-order valence-corrected chi connectivity index (χ4v) is 2.18. The molecule has 1 aromatic heterocycles. The van der Waals surface area contributed by atoms with Crippen LogP contribution in [0.5, 0.6) is 5.75 Å². The molecule has 3 nitrogen and oxygen atoms in total. The molecule has 1 fully saturated rings. The fraction of sp³-hybridized carbons (Fsp3) is 0.615. The summed E-state index contributed by atoms with van der Waals surface area (Å²) in [6.07, 6.45) is 8.61. The van der Waals surface area contributed by atoms with Gasteiger partial charge < -0.3 is 10.1 Å². The second-order valence-corrected chi connectivity index (χ2v) is 4.39. The van der Waals surface area contributed by atoms with Crippen molar-refractivity contribution in [3.05, 3.63) is 24.0 Å². The highest BCUT2D eigenvalue weighted by Crippen LogP contribution is 2.23. The third kappa shape index (κ3) is 3.20. The first-order valence-corrected chi connectivity index (χ1v) is 6.14. The third-order valence-electron chi connectivity index (χ3n) is 3.00. The quantitative estimate of drug-likeness (QED) is 0.846. The predicted molar refractivity (Wildman–Crippen MR) is 64.5 cm³/mol. The van der Waals surface area contributed by atoms with Gasteiger partial charge in [-0.2, -0.15) is 0 Å². The van der Waals surface area contributed by atoms with E-state index in [4.69, 9.17) is 4.74 Å². The monoisotopic (exact) mass is 220 g/mol. The van der Waals surface area contributed by atoms with E-state index in [0.717, 1.165) is 18.0 Å². The average Bonchev–Trinajstić information content (AvgIpc) is 2.31. The topological polar surface area (TPSA) is 34.1 Å². The Morgan fingerprint density at radius 3 is 2.94 bits per heavy atom. The highest BCUT2D eigenvalue weighted by atomic mass is 16.5. The first-order valence-electron chi connectivity index (χ1n) is 6.14. The minimum Gasteiger partial charge on any atom is -0.490 e. The van der Waals surface area contributed by atoms with E-state index in [1.807, 2.05) is 25.4 Å². The molecule has 1 saturated carbocycles. The van der Waals surface area contributed by atoms with Gasteiger partial charge in [-0.1, -0.05) is 6.42 Å². The van der Waals surface area contributed by atoms with Gasteiger partial charge in [-0.05, 0) is 38.8 Å². The zero-order valence-electron chi connectivity index (χ0n) is 9.91. The lowest BCUT2D eigenvalue weighted by molar-refractivity contribution is 0.154. The number of hydrogen-bond donors (Lipinski definition) is 1. The molecule has 1 N–H and O–H groups in total. The van der Waals surface area contributed by atoms with Gasteiger partial charge in [0.15, 0.2) is 0 Å². The van der Waals surface area contributed by atoms with Crippen molar-refractivity contribution in [1.29, 1.82) is 0 Å². The maximum Gasteiger partial charge on any atom is 0.123 e. The molecule has 0 aromatic carbocycles. The SMILES string of the molecule is CNCc1cc(OC2CCCCC2)ccn1. The van der Waals surface area contributed by atoms with Crippen molar-refractivity contribution in [1.82, 2.24) is 10.3 Å². The zero-order valence-corrected chi connectivity index (χ0v) is 9.91. The summed E-state index contributed by atoms with van der Waals surface area (Å²) < 4.78 is 5.97. The van der Waals surface area contributed by atoms with Crippen LogP contribution in [0.3, 0.4) is 0 Å². The van der Waals surface area contributed by atoms with Gasteiger partial charge in [-0.3, -0.25) is 4.98 Å². The first-order chi connectivity index (χ1) is 7.88. The molecule has 88 valence electrons. The number of hydrogen-bond acceptors (Lipinski definition) is 3. The van der Waals surface area contributed by atoms with E-state index in [2.05, 4.69) is 10.3 Å². The molecule has 1 aliphatic carbocycles. The molecule has 1 heterocycles. The molecule has 0 unspecified atom stereocenters. The van der Waals surface area contributed by atoms with Crippen molar-refractivity contribution in [2.75, 3.05) is 7.05 Å². The van der Waals surface area contributed by atoms with Crippen LogP contribution in [0.15, 0.2) is 18.3 Å². The predicted octanol–water partition coefficient (Wildman–Crippen LogP) is 2.51. The van der Waals surface area contributed by atoms with Crippen LogP contribution in [0, 0.1) is 0 Å².